The van der Waals surface area contributed by atoms with E-state index in [0.29, 0.717) is 26.4 Å². The standard InChI is InChI=1S/C21H42O9Si/c1-7-18-31(6,19-10-9-11-26-20(22)8-2)30-21(27-15-12-23-3,28-16-13-24-4)29-17-14-25-5/h8H,2,7,9-19H2,1,3-6H3. The van der Waals surface area contributed by atoms with Gasteiger partial charge in [-0.15, -0.1) is 0 Å². The van der Waals surface area contributed by atoms with Crippen molar-refractivity contribution in [1.29, 1.82) is 0 Å². The van der Waals surface area contributed by atoms with Crippen molar-refractivity contribution in [1.82, 2.24) is 0 Å². The van der Waals surface area contributed by atoms with Crippen LogP contribution in [0, 0.1) is 0 Å². The van der Waals surface area contributed by atoms with E-state index in [1.165, 1.54) is 6.08 Å². The molecule has 0 aromatic heterocycles. The molecule has 0 amide bonds. The van der Waals surface area contributed by atoms with Crippen LogP contribution >= 0.6 is 0 Å². The fraction of sp³-hybridized carbons (Fsp3) is 0.857. The number of carbonyl (C=O) groups excluding carboxylic acids is 1. The average molecular weight is 467 g/mol. The molecule has 0 saturated heterocycles. The maximum atomic E-state index is 11.2. The molecule has 0 aliphatic carbocycles. The first-order valence-electron chi connectivity index (χ1n) is 10.8. The van der Waals surface area contributed by atoms with Crippen LogP contribution < -0.4 is 0 Å². The first-order chi connectivity index (χ1) is 14.9. The Bertz CT molecular complexity index is 438. The highest BCUT2D eigenvalue weighted by Crippen LogP contribution is 2.30. The van der Waals surface area contributed by atoms with Crippen LogP contribution in [0.5, 0.6) is 0 Å². The van der Waals surface area contributed by atoms with E-state index in [4.69, 9.17) is 37.6 Å². The van der Waals surface area contributed by atoms with E-state index in [1.807, 2.05) is 0 Å². The Kier molecular flexibility index (Phi) is 18.2. The van der Waals surface area contributed by atoms with Crippen molar-refractivity contribution in [2.24, 2.45) is 0 Å². The van der Waals surface area contributed by atoms with Crippen molar-refractivity contribution in [3.05, 3.63) is 12.7 Å². The maximum Gasteiger partial charge on any atom is 0.403 e. The van der Waals surface area contributed by atoms with Crippen LogP contribution in [0.2, 0.25) is 18.6 Å². The van der Waals surface area contributed by atoms with E-state index < -0.39 is 20.4 Å². The SMILES string of the molecule is C=CC(=O)OCCCC[Si](C)(CCC)OC(OCCOC)(OCCOC)OCCOC. The maximum absolute atomic E-state index is 11.2. The molecule has 0 aliphatic rings. The van der Waals surface area contributed by atoms with Gasteiger partial charge in [0, 0.05) is 27.4 Å². The minimum absolute atomic E-state index is 0.241. The molecule has 1 atom stereocenters. The second-order valence-corrected chi connectivity index (χ2v) is 11.3. The summed E-state index contributed by atoms with van der Waals surface area (Å²) in [7, 11) is 2.48. The van der Waals surface area contributed by atoms with Gasteiger partial charge in [-0.1, -0.05) is 26.3 Å². The van der Waals surface area contributed by atoms with Gasteiger partial charge in [-0.05, 0) is 25.1 Å². The third-order valence-electron chi connectivity index (χ3n) is 4.36. The Labute approximate surface area is 188 Å². The number of methoxy groups -OCH3 is 3. The van der Waals surface area contributed by atoms with Crippen LogP contribution in [0.1, 0.15) is 26.2 Å². The number of hydrogen-bond acceptors (Lipinski definition) is 9. The summed E-state index contributed by atoms with van der Waals surface area (Å²) in [6, 6.07) is 1.74. The van der Waals surface area contributed by atoms with Crippen molar-refractivity contribution in [2.75, 3.05) is 67.6 Å². The highest BCUT2D eigenvalue weighted by atomic mass is 28.4. The molecule has 0 aromatic carbocycles. The molecule has 184 valence electrons. The van der Waals surface area contributed by atoms with Crippen molar-refractivity contribution in [3.8, 4) is 0 Å². The lowest BCUT2D eigenvalue weighted by atomic mass is 10.4. The molecular formula is C21H42O9Si. The predicted octanol–water partition coefficient (Wildman–Crippen LogP) is 3.10. The van der Waals surface area contributed by atoms with Gasteiger partial charge in [-0.25, -0.2) is 4.79 Å². The number of esters is 1. The Balaban J connectivity index is 5.25. The van der Waals surface area contributed by atoms with Gasteiger partial charge in [-0.3, -0.25) is 0 Å². The Morgan fingerprint density at radius 3 is 1.77 bits per heavy atom. The summed E-state index contributed by atoms with van der Waals surface area (Å²) in [6.45, 7) is 9.83. The van der Waals surface area contributed by atoms with E-state index in [2.05, 4.69) is 20.0 Å². The number of carbonyl (C=O) groups is 1. The Morgan fingerprint density at radius 2 is 1.35 bits per heavy atom. The van der Waals surface area contributed by atoms with Gasteiger partial charge in [0.05, 0.1) is 46.2 Å². The largest absolute Gasteiger partial charge is 0.463 e. The molecule has 0 aromatic rings. The highest BCUT2D eigenvalue weighted by molar-refractivity contribution is 6.72. The lowest BCUT2D eigenvalue weighted by molar-refractivity contribution is -0.477. The second kappa shape index (κ2) is 18.7. The zero-order valence-electron chi connectivity index (χ0n) is 19.9. The van der Waals surface area contributed by atoms with Gasteiger partial charge < -0.3 is 37.6 Å². The van der Waals surface area contributed by atoms with E-state index in [1.54, 1.807) is 21.3 Å². The monoisotopic (exact) mass is 466 g/mol. The normalized spacial score (nSPS) is 13.7. The van der Waals surface area contributed by atoms with Crippen LogP contribution in [0.3, 0.4) is 0 Å². The van der Waals surface area contributed by atoms with Gasteiger partial charge in [0.25, 0.3) is 0 Å². The molecule has 1 unspecified atom stereocenters. The van der Waals surface area contributed by atoms with E-state index in [9.17, 15) is 4.79 Å². The fourth-order valence-corrected chi connectivity index (χ4v) is 6.14. The molecule has 0 radical (unpaired) electrons. The molecule has 31 heavy (non-hydrogen) atoms. The zero-order valence-corrected chi connectivity index (χ0v) is 20.9. The number of hydrogen-bond donors (Lipinski definition) is 0. The topological polar surface area (TPSA) is 90.9 Å². The molecule has 10 heteroatoms. The molecule has 0 heterocycles. The minimum Gasteiger partial charge on any atom is -0.463 e. The number of rotatable bonds is 22. The Morgan fingerprint density at radius 1 is 0.839 bits per heavy atom. The van der Waals surface area contributed by atoms with Gasteiger partial charge in [0.2, 0.25) is 0 Å². The molecule has 0 bridgehead atoms. The van der Waals surface area contributed by atoms with Crippen molar-refractivity contribution >= 4 is 14.3 Å². The summed E-state index contributed by atoms with van der Waals surface area (Å²) in [5, 5.41) is 0. The smallest absolute Gasteiger partial charge is 0.403 e. The van der Waals surface area contributed by atoms with E-state index >= 15 is 0 Å². The number of unbranched alkanes of at least 4 members (excludes halogenated alkanes) is 1. The van der Waals surface area contributed by atoms with Crippen LogP contribution in [0.4, 0.5) is 0 Å². The molecule has 0 rings (SSSR count). The molecule has 0 N–H and O–H groups in total. The van der Waals surface area contributed by atoms with E-state index in [-0.39, 0.29) is 19.8 Å². The lowest BCUT2D eigenvalue weighted by Gasteiger charge is -2.39. The van der Waals surface area contributed by atoms with Gasteiger partial charge in [0.15, 0.2) is 8.32 Å². The number of ether oxygens (including phenoxy) is 7. The fourth-order valence-electron chi connectivity index (χ4n) is 2.85. The van der Waals surface area contributed by atoms with Crippen LogP contribution in [0.25, 0.3) is 0 Å². The minimum atomic E-state index is -2.31. The molecule has 0 spiro atoms. The first-order valence-corrected chi connectivity index (χ1v) is 13.6. The molecular weight excluding hydrogens is 424 g/mol. The summed E-state index contributed by atoms with van der Waals surface area (Å²) < 4.78 is 44.7. The van der Waals surface area contributed by atoms with E-state index in [0.717, 1.165) is 31.4 Å². The zero-order chi connectivity index (χ0) is 23.4. The molecule has 0 saturated carbocycles. The predicted molar refractivity (Wildman–Crippen MR) is 119 cm³/mol. The molecule has 9 nitrogen and oxygen atoms in total. The highest BCUT2D eigenvalue weighted by Gasteiger charge is 2.44. The summed E-state index contributed by atoms with van der Waals surface area (Å²) in [6.07, 6.45) is 2.05. The lowest BCUT2D eigenvalue weighted by Crippen LogP contribution is -2.52. The van der Waals surface area contributed by atoms with Gasteiger partial charge >= 0.3 is 12.1 Å². The summed E-state index contributed by atoms with van der Waals surface area (Å²) in [5.74, 6) is -0.409. The third kappa shape index (κ3) is 14.8. The van der Waals surface area contributed by atoms with Crippen molar-refractivity contribution in [3.63, 3.8) is 0 Å². The first kappa shape index (κ1) is 30.1. The van der Waals surface area contributed by atoms with Crippen LogP contribution in [-0.4, -0.2) is 88.0 Å². The van der Waals surface area contributed by atoms with Crippen molar-refractivity contribution in [2.45, 2.75) is 51.0 Å². The Hall–Kier alpha value is -0.853. The van der Waals surface area contributed by atoms with Gasteiger partial charge in [-0.2, -0.15) is 0 Å². The molecule has 0 aliphatic heterocycles. The van der Waals surface area contributed by atoms with Crippen molar-refractivity contribution < 1.29 is 42.4 Å². The molecule has 0 fully saturated rings. The summed E-state index contributed by atoms with van der Waals surface area (Å²) in [5.41, 5.74) is 0. The second-order valence-electron chi connectivity index (χ2n) is 7.15. The third-order valence-corrected chi connectivity index (χ3v) is 8.07. The van der Waals surface area contributed by atoms with Crippen LogP contribution in [0.15, 0.2) is 12.7 Å². The van der Waals surface area contributed by atoms with Gasteiger partial charge in [0.1, 0.15) is 0 Å². The summed E-state index contributed by atoms with van der Waals surface area (Å²) >= 11 is 0. The van der Waals surface area contributed by atoms with Crippen LogP contribution in [-0.2, 0) is 42.4 Å². The quantitative estimate of drug-likeness (QED) is 0.0784. The summed E-state index contributed by atoms with van der Waals surface area (Å²) in [4.78, 5) is 11.2. The average Bonchev–Trinajstić information content (AvgIpc) is 2.74.